The number of benzene rings is 1. The molecular formula is C21H28N2O4. The number of allylic oxidation sites excluding steroid dienone is 1. The summed E-state index contributed by atoms with van der Waals surface area (Å²) in [7, 11) is 0. The van der Waals surface area contributed by atoms with E-state index in [4.69, 9.17) is 4.74 Å². The van der Waals surface area contributed by atoms with Crippen LogP contribution in [-0.2, 0) is 9.53 Å². The summed E-state index contributed by atoms with van der Waals surface area (Å²) >= 11 is 0. The second kappa shape index (κ2) is 8.46. The van der Waals surface area contributed by atoms with Crippen LogP contribution in [0.15, 0.2) is 29.5 Å². The quantitative estimate of drug-likeness (QED) is 0.685. The first kappa shape index (κ1) is 19.3. The maximum atomic E-state index is 12.9. The maximum absolute atomic E-state index is 12.9. The minimum atomic E-state index is -0.640. The number of phenols is 1. The minimum absolute atomic E-state index is 0.133. The molecule has 1 aliphatic carbocycles. The van der Waals surface area contributed by atoms with Crippen LogP contribution in [0.25, 0.3) is 0 Å². The Balaban J connectivity index is 1.84. The van der Waals surface area contributed by atoms with E-state index in [0.717, 1.165) is 18.4 Å². The molecule has 0 bridgehead atoms. The van der Waals surface area contributed by atoms with Gasteiger partial charge in [-0.05, 0) is 49.3 Å². The Labute approximate surface area is 160 Å². The predicted molar refractivity (Wildman–Crippen MR) is 102 cm³/mol. The number of carbonyl (C=O) groups excluding carboxylic acids is 2. The van der Waals surface area contributed by atoms with Crippen molar-refractivity contribution in [2.24, 2.45) is 5.92 Å². The van der Waals surface area contributed by atoms with Gasteiger partial charge in [0.1, 0.15) is 5.75 Å². The summed E-state index contributed by atoms with van der Waals surface area (Å²) < 4.78 is 5.64. The Hall–Kier alpha value is -2.50. The van der Waals surface area contributed by atoms with E-state index in [1.165, 1.54) is 19.3 Å². The molecule has 1 saturated carbocycles. The Bertz CT molecular complexity index is 751. The molecule has 0 spiro atoms. The topological polar surface area (TPSA) is 87.7 Å². The number of amides is 2. The Morgan fingerprint density at radius 3 is 2.67 bits per heavy atom. The van der Waals surface area contributed by atoms with Gasteiger partial charge in [-0.15, -0.1) is 0 Å². The monoisotopic (exact) mass is 372 g/mol. The summed E-state index contributed by atoms with van der Waals surface area (Å²) in [5.74, 6) is 0.143. The van der Waals surface area contributed by atoms with E-state index in [2.05, 4.69) is 10.6 Å². The molecule has 1 aromatic carbocycles. The minimum Gasteiger partial charge on any atom is -0.508 e. The lowest BCUT2D eigenvalue weighted by Crippen LogP contribution is -2.46. The third kappa shape index (κ3) is 4.43. The number of ether oxygens (including phenoxy) is 1. The summed E-state index contributed by atoms with van der Waals surface area (Å²) in [5, 5.41) is 15.6. The number of urea groups is 1. The molecule has 0 saturated heterocycles. The number of hydrogen-bond donors (Lipinski definition) is 3. The fraction of sp³-hybridized carbons (Fsp3) is 0.524. The van der Waals surface area contributed by atoms with Gasteiger partial charge in [-0.3, -0.25) is 0 Å². The molecule has 0 aromatic heterocycles. The molecule has 6 heteroatoms. The molecule has 2 amide bonds. The van der Waals surface area contributed by atoms with Crippen molar-refractivity contribution in [3.63, 3.8) is 0 Å². The number of esters is 1. The van der Waals surface area contributed by atoms with Crippen LogP contribution < -0.4 is 10.6 Å². The largest absolute Gasteiger partial charge is 0.508 e. The highest BCUT2D eigenvalue weighted by Crippen LogP contribution is 2.32. The van der Waals surface area contributed by atoms with Gasteiger partial charge in [-0.1, -0.05) is 38.3 Å². The molecule has 1 heterocycles. The Morgan fingerprint density at radius 1 is 1.26 bits per heavy atom. The molecule has 6 nitrogen and oxygen atoms in total. The summed E-state index contributed by atoms with van der Waals surface area (Å²) in [6.45, 7) is 4.10. The molecule has 1 aliphatic heterocycles. The highest BCUT2D eigenvalue weighted by atomic mass is 16.5. The molecule has 27 heavy (non-hydrogen) atoms. The Kier molecular flexibility index (Phi) is 6.04. The van der Waals surface area contributed by atoms with Crippen molar-refractivity contribution in [1.82, 2.24) is 10.6 Å². The second-order valence-corrected chi connectivity index (χ2v) is 7.43. The smallest absolute Gasteiger partial charge is 0.338 e. The maximum Gasteiger partial charge on any atom is 0.338 e. The van der Waals surface area contributed by atoms with Crippen LogP contribution in [0.5, 0.6) is 5.75 Å². The van der Waals surface area contributed by atoms with Crippen LogP contribution in [0.1, 0.15) is 62.6 Å². The fourth-order valence-electron chi connectivity index (χ4n) is 3.82. The van der Waals surface area contributed by atoms with E-state index < -0.39 is 12.0 Å². The SMILES string of the molecule is CCC1=C(C(=O)OCC2CCCCC2)C(c2ccc(C)c(O)c2)NC(=O)N1. The zero-order valence-electron chi connectivity index (χ0n) is 16.0. The Morgan fingerprint density at radius 2 is 2.00 bits per heavy atom. The molecule has 1 atom stereocenters. The average molecular weight is 372 g/mol. The lowest BCUT2D eigenvalue weighted by Gasteiger charge is -2.30. The van der Waals surface area contributed by atoms with E-state index in [0.29, 0.717) is 35.8 Å². The van der Waals surface area contributed by atoms with Gasteiger partial charge in [0, 0.05) is 5.70 Å². The van der Waals surface area contributed by atoms with Gasteiger partial charge in [0.2, 0.25) is 0 Å². The fourth-order valence-corrected chi connectivity index (χ4v) is 3.82. The third-order valence-corrected chi connectivity index (χ3v) is 5.47. The van der Waals surface area contributed by atoms with E-state index >= 15 is 0 Å². The number of phenolic OH excluding ortho intramolecular Hbond substituents is 1. The van der Waals surface area contributed by atoms with Gasteiger partial charge in [0.15, 0.2) is 0 Å². The normalized spacial score (nSPS) is 20.8. The van der Waals surface area contributed by atoms with Crippen molar-refractivity contribution in [3.8, 4) is 5.75 Å². The van der Waals surface area contributed by atoms with Gasteiger partial charge < -0.3 is 20.5 Å². The first-order valence-corrected chi connectivity index (χ1v) is 9.76. The van der Waals surface area contributed by atoms with Crippen molar-refractivity contribution in [2.75, 3.05) is 6.61 Å². The molecule has 1 fully saturated rings. The highest BCUT2D eigenvalue weighted by Gasteiger charge is 2.33. The average Bonchev–Trinajstić information content (AvgIpc) is 2.68. The van der Waals surface area contributed by atoms with E-state index in [1.807, 2.05) is 13.0 Å². The lowest BCUT2D eigenvalue weighted by atomic mass is 9.90. The lowest BCUT2D eigenvalue weighted by molar-refractivity contribution is -0.141. The summed E-state index contributed by atoms with van der Waals surface area (Å²) in [6.07, 6.45) is 6.33. The molecule has 146 valence electrons. The number of nitrogens with one attached hydrogen (secondary N) is 2. The van der Waals surface area contributed by atoms with E-state index in [9.17, 15) is 14.7 Å². The number of rotatable bonds is 5. The van der Waals surface area contributed by atoms with Gasteiger partial charge in [-0.2, -0.15) is 0 Å². The predicted octanol–water partition coefficient (Wildman–Crippen LogP) is 3.84. The van der Waals surface area contributed by atoms with Crippen molar-refractivity contribution in [3.05, 3.63) is 40.6 Å². The van der Waals surface area contributed by atoms with Crippen LogP contribution in [0.3, 0.4) is 0 Å². The van der Waals surface area contributed by atoms with Crippen molar-refractivity contribution >= 4 is 12.0 Å². The summed E-state index contributed by atoms with van der Waals surface area (Å²) in [6, 6.07) is 4.18. The summed E-state index contributed by atoms with van der Waals surface area (Å²) in [4.78, 5) is 25.0. The zero-order chi connectivity index (χ0) is 19.4. The second-order valence-electron chi connectivity index (χ2n) is 7.43. The first-order chi connectivity index (χ1) is 13.0. The zero-order valence-corrected chi connectivity index (χ0v) is 16.0. The highest BCUT2D eigenvalue weighted by molar-refractivity contribution is 5.95. The van der Waals surface area contributed by atoms with Gasteiger partial charge in [-0.25, -0.2) is 9.59 Å². The summed E-state index contributed by atoms with van der Waals surface area (Å²) in [5.41, 5.74) is 2.37. The first-order valence-electron chi connectivity index (χ1n) is 9.76. The number of hydrogen-bond acceptors (Lipinski definition) is 4. The molecule has 0 radical (unpaired) electrons. The standard InChI is InChI=1S/C21H28N2O4/c1-3-16-18(20(25)27-12-14-7-5-4-6-8-14)19(23-21(26)22-16)15-10-9-13(2)17(24)11-15/h9-11,14,19,24H,3-8,12H2,1-2H3,(H2,22,23,26). The number of aryl methyl sites for hydroxylation is 1. The van der Waals surface area contributed by atoms with Gasteiger partial charge >= 0.3 is 12.0 Å². The van der Waals surface area contributed by atoms with Gasteiger partial charge in [0.05, 0.1) is 18.2 Å². The molecule has 2 aliphatic rings. The van der Waals surface area contributed by atoms with Crippen molar-refractivity contribution < 1.29 is 19.4 Å². The van der Waals surface area contributed by atoms with Crippen molar-refractivity contribution in [1.29, 1.82) is 0 Å². The van der Waals surface area contributed by atoms with E-state index in [1.54, 1.807) is 19.1 Å². The van der Waals surface area contributed by atoms with Crippen LogP contribution in [0.4, 0.5) is 4.79 Å². The van der Waals surface area contributed by atoms with Crippen LogP contribution in [0, 0.1) is 12.8 Å². The molecular weight excluding hydrogens is 344 g/mol. The number of carbonyl (C=O) groups is 2. The molecule has 3 N–H and O–H groups in total. The van der Waals surface area contributed by atoms with Crippen LogP contribution in [-0.4, -0.2) is 23.7 Å². The van der Waals surface area contributed by atoms with Crippen molar-refractivity contribution in [2.45, 2.75) is 58.4 Å². The van der Waals surface area contributed by atoms with Crippen LogP contribution >= 0.6 is 0 Å². The molecule has 1 unspecified atom stereocenters. The third-order valence-electron chi connectivity index (χ3n) is 5.47. The molecule has 3 rings (SSSR count). The van der Waals surface area contributed by atoms with E-state index in [-0.39, 0.29) is 11.8 Å². The number of aromatic hydroxyl groups is 1. The van der Waals surface area contributed by atoms with Crippen LogP contribution in [0.2, 0.25) is 0 Å². The van der Waals surface area contributed by atoms with Gasteiger partial charge in [0.25, 0.3) is 0 Å². The molecule has 1 aromatic rings.